The van der Waals surface area contributed by atoms with E-state index in [4.69, 9.17) is 10.6 Å². The molecule has 0 spiro atoms. The first-order valence-corrected chi connectivity index (χ1v) is 10.5. The van der Waals surface area contributed by atoms with Crippen molar-refractivity contribution in [3.05, 3.63) is 0 Å². The van der Waals surface area contributed by atoms with Gasteiger partial charge in [0.25, 0.3) is 0 Å². The number of amidine groups is 1. The van der Waals surface area contributed by atoms with Crippen LogP contribution in [0.5, 0.6) is 0 Å². The van der Waals surface area contributed by atoms with Gasteiger partial charge in [0.15, 0.2) is 6.80 Å². The van der Waals surface area contributed by atoms with Crippen LogP contribution in [-0.2, 0) is 4.57 Å². The summed E-state index contributed by atoms with van der Waals surface area (Å²) >= 11 is 0.458. The third-order valence-electron chi connectivity index (χ3n) is 5.16. The van der Waals surface area contributed by atoms with Crippen molar-refractivity contribution in [1.29, 1.82) is 0 Å². The molecule has 4 aliphatic rings. The maximum Gasteiger partial charge on any atom is 1.00 e. The predicted octanol–water partition coefficient (Wildman–Crippen LogP) is -1.24. The summed E-state index contributed by atoms with van der Waals surface area (Å²) in [4.78, 5) is 23.8. The van der Waals surface area contributed by atoms with E-state index in [9.17, 15) is 9.46 Å². The summed E-state index contributed by atoms with van der Waals surface area (Å²) in [5.74, 6) is 3.03. The Bertz CT molecular complexity index is 433. The van der Waals surface area contributed by atoms with Crippen LogP contribution in [-0.4, -0.2) is 23.0 Å². The normalized spacial score (nSPS) is 40.7. The van der Waals surface area contributed by atoms with Gasteiger partial charge in [-0.15, -0.1) is 0 Å². The molecule has 4 rings (SSSR count). The second-order valence-electron chi connectivity index (χ2n) is 6.97. The van der Waals surface area contributed by atoms with Gasteiger partial charge in [-0.05, 0) is 61.7 Å². The fourth-order valence-electron chi connectivity index (χ4n) is 4.95. The SMILES string of the molecule is NC(CSP(=O)([O-])O)=NCC12CC3CC(CC(C3)C1)C2.[Na+]. The zero-order valence-electron chi connectivity index (χ0n) is 12.5. The van der Waals surface area contributed by atoms with E-state index in [0.717, 1.165) is 24.3 Å². The molecule has 114 valence electrons. The molecule has 21 heavy (non-hydrogen) atoms. The number of rotatable bonds is 5. The molecule has 0 saturated heterocycles. The van der Waals surface area contributed by atoms with Gasteiger partial charge in [0.05, 0.1) is 5.75 Å². The van der Waals surface area contributed by atoms with E-state index in [2.05, 4.69) is 4.99 Å². The van der Waals surface area contributed by atoms with Crippen LogP contribution in [0, 0.1) is 23.2 Å². The maximum atomic E-state index is 10.7. The molecule has 1 atom stereocenters. The molecule has 4 fully saturated rings. The molecule has 0 aromatic carbocycles. The number of nitrogens with two attached hydrogens (primary N) is 1. The van der Waals surface area contributed by atoms with Crippen LogP contribution >= 0.6 is 18.2 Å². The molecular formula is C13H22N2NaO3PS. The molecule has 4 aliphatic carbocycles. The van der Waals surface area contributed by atoms with Crippen LogP contribution in [0.3, 0.4) is 0 Å². The topological polar surface area (TPSA) is 98.7 Å². The number of aliphatic imine (C=N–C) groups is 1. The van der Waals surface area contributed by atoms with Gasteiger partial charge in [0, 0.05) is 6.54 Å². The van der Waals surface area contributed by atoms with Crippen molar-refractivity contribution in [2.24, 2.45) is 33.9 Å². The van der Waals surface area contributed by atoms with E-state index in [1.807, 2.05) is 0 Å². The molecule has 5 nitrogen and oxygen atoms in total. The Kier molecular flexibility index (Phi) is 5.96. The van der Waals surface area contributed by atoms with E-state index in [0.29, 0.717) is 22.6 Å². The van der Waals surface area contributed by atoms with E-state index in [1.54, 1.807) is 0 Å². The Morgan fingerprint density at radius 1 is 1.29 bits per heavy atom. The second-order valence-corrected chi connectivity index (χ2v) is 10.6. The molecule has 0 amide bonds. The number of hydrogen-bond acceptors (Lipinski definition) is 4. The molecule has 0 aromatic heterocycles. The summed E-state index contributed by atoms with van der Waals surface area (Å²) in [7, 11) is 0. The molecule has 0 aromatic rings. The van der Waals surface area contributed by atoms with E-state index >= 15 is 0 Å². The summed E-state index contributed by atoms with van der Waals surface area (Å²) in [6, 6.07) is 0. The minimum atomic E-state index is -4.30. The molecule has 0 heterocycles. The summed E-state index contributed by atoms with van der Waals surface area (Å²) in [5.41, 5.74) is 6.09. The average molecular weight is 340 g/mol. The Hall–Kier alpha value is 0.970. The van der Waals surface area contributed by atoms with E-state index < -0.39 is 6.80 Å². The largest absolute Gasteiger partial charge is 1.00 e. The van der Waals surface area contributed by atoms with Crippen molar-refractivity contribution < 1.29 is 43.9 Å². The van der Waals surface area contributed by atoms with Crippen LogP contribution in [0.25, 0.3) is 0 Å². The summed E-state index contributed by atoms with van der Waals surface area (Å²) in [6.07, 6.45) is 8.00. The molecule has 3 N–H and O–H groups in total. The Morgan fingerprint density at radius 3 is 2.19 bits per heavy atom. The van der Waals surface area contributed by atoms with Crippen molar-refractivity contribution in [3.63, 3.8) is 0 Å². The molecule has 8 heteroatoms. The van der Waals surface area contributed by atoms with Crippen LogP contribution in [0.4, 0.5) is 0 Å². The Labute approximate surface area is 152 Å². The van der Waals surface area contributed by atoms with Crippen molar-refractivity contribution in [1.82, 2.24) is 0 Å². The molecular weight excluding hydrogens is 318 g/mol. The van der Waals surface area contributed by atoms with Gasteiger partial charge in [0.2, 0.25) is 0 Å². The molecule has 4 saturated carbocycles. The van der Waals surface area contributed by atoms with Gasteiger partial charge in [0.1, 0.15) is 5.84 Å². The number of hydrogen-bond donors (Lipinski definition) is 2. The zero-order valence-corrected chi connectivity index (χ0v) is 16.2. The fraction of sp³-hybridized carbons (Fsp3) is 0.923. The Morgan fingerprint density at radius 2 is 1.76 bits per heavy atom. The maximum absolute atomic E-state index is 10.7. The zero-order chi connectivity index (χ0) is 14.4. The van der Waals surface area contributed by atoms with Crippen molar-refractivity contribution in [2.45, 2.75) is 38.5 Å². The third kappa shape index (κ3) is 4.72. The van der Waals surface area contributed by atoms with Crippen LogP contribution in [0.1, 0.15) is 38.5 Å². The van der Waals surface area contributed by atoms with Crippen molar-refractivity contribution >= 4 is 24.0 Å². The monoisotopic (exact) mass is 340 g/mol. The summed E-state index contributed by atoms with van der Waals surface area (Å²) in [5, 5.41) is 0. The Balaban J connectivity index is 0.00000161. The van der Waals surface area contributed by atoms with Crippen molar-refractivity contribution in [2.75, 3.05) is 12.3 Å². The molecule has 0 aliphatic heterocycles. The van der Waals surface area contributed by atoms with Gasteiger partial charge in [-0.2, -0.15) is 0 Å². The van der Waals surface area contributed by atoms with Gasteiger partial charge in [-0.1, -0.05) is 11.4 Å². The third-order valence-corrected chi connectivity index (χ3v) is 7.28. The van der Waals surface area contributed by atoms with E-state index in [1.165, 1.54) is 38.5 Å². The minimum Gasteiger partial charge on any atom is -0.770 e. The quantitative estimate of drug-likeness (QED) is 0.282. The first kappa shape index (κ1) is 18.3. The molecule has 0 radical (unpaired) electrons. The first-order chi connectivity index (χ1) is 9.34. The second kappa shape index (κ2) is 6.84. The summed E-state index contributed by atoms with van der Waals surface area (Å²) < 4.78 is 10.7. The average Bonchev–Trinajstić information content (AvgIpc) is 2.31. The minimum absolute atomic E-state index is 0. The van der Waals surface area contributed by atoms with Crippen LogP contribution < -0.4 is 40.2 Å². The smallest absolute Gasteiger partial charge is 0.770 e. The van der Waals surface area contributed by atoms with Gasteiger partial charge in [-0.25, -0.2) is 0 Å². The van der Waals surface area contributed by atoms with Crippen molar-refractivity contribution in [3.8, 4) is 0 Å². The predicted molar refractivity (Wildman–Crippen MR) is 79.4 cm³/mol. The molecule has 1 unspecified atom stereocenters. The van der Waals surface area contributed by atoms with Gasteiger partial charge in [-0.3, -0.25) is 9.56 Å². The number of nitrogens with zero attached hydrogens (tertiary/aromatic N) is 1. The fourth-order valence-corrected chi connectivity index (χ4v) is 6.22. The van der Waals surface area contributed by atoms with Crippen LogP contribution in [0.15, 0.2) is 4.99 Å². The first-order valence-electron chi connectivity index (χ1n) is 7.31. The van der Waals surface area contributed by atoms with Gasteiger partial charge >= 0.3 is 29.6 Å². The van der Waals surface area contributed by atoms with E-state index in [-0.39, 0.29) is 35.3 Å². The van der Waals surface area contributed by atoms with Gasteiger partial charge < -0.3 is 15.5 Å². The summed E-state index contributed by atoms with van der Waals surface area (Å²) in [6.45, 7) is -3.56. The standard InChI is InChI=1S/C13H23N2O3PS.Na/c14-12(7-20-19(16,17)18)15-8-13-4-9-1-10(5-13)3-11(2-9)6-13;/h9-11H,1-8H2,(H2,14,15)(H2,16,17,18);/q;+1/p-1. The molecule has 4 bridgehead atoms. The van der Waals surface area contributed by atoms with Crippen LogP contribution in [0.2, 0.25) is 0 Å².